The molecule has 0 atom stereocenters. The summed E-state index contributed by atoms with van der Waals surface area (Å²) < 4.78 is 32.2. The first-order chi connectivity index (χ1) is 7.61. The lowest BCUT2D eigenvalue weighted by Crippen LogP contribution is -2.13. The molecule has 5 nitrogen and oxygen atoms in total. The molecule has 0 bridgehead atoms. The lowest BCUT2D eigenvalue weighted by Gasteiger charge is -2.09. The Bertz CT molecular complexity index is 430. The largest absolute Gasteiger partial charge is 0.492 e. The molecule has 0 aliphatic heterocycles. The van der Waals surface area contributed by atoms with E-state index in [9.17, 15) is 8.42 Å². The molecule has 1 aromatic rings. The van der Waals surface area contributed by atoms with E-state index in [1.807, 2.05) is 6.92 Å². The quantitative estimate of drug-likeness (QED) is 0.606. The van der Waals surface area contributed by atoms with Crippen LogP contribution in [0.4, 0.5) is 0 Å². The Kier molecular flexibility index (Phi) is 4.72. The zero-order valence-electron chi connectivity index (χ0n) is 9.05. The van der Waals surface area contributed by atoms with Crippen molar-refractivity contribution in [3.63, 3.8) is 0 Å². The topological polar surface area (TPSA) is 78.6 Å². The van der Waals surface area contributed by atoms with Crippen molar-refractivity contribution in [3.05, 3.63) is 24.3 Å². The molecule has 0 fully saturated rings. The molecule has 0 aromatic heterocycles. The highest BCUT2D eigenvalue weighted by Gasteiger charge is 2.19. The van der Waals surface area contributed by atoms with Gasteiger partial charge in [-0.25, -0.2) is 0 Å². The zero-order chi connectivity index (χ0) is 12.0. The Morgan fingerprint density at radius 2 is 2.00 bits per heavy atom. The normalized spacial score (nSPS) is 11.4. The molecule has 90 valence electrons. The van der Waals surface area contributed by atoms with E-state index in [1.54, 1.807) is 18.2 Å². The van der Waals surface area contributed by atoms with Gasteiger partial charge in [-0.15, -0.1) is 0 Å². The average Bonchev–Trinajstić information content (AvgIpc) is 2.30. The third-order valence-electron chi connectivity index (χ3n) is 2.00. The summed E-state index contributed by atoms with van der Waals surface area (Å²) in [6.07, 6.45) is 1.83. The molecule has 6 heteroatoms. The smallest absolute Gasteiger partial charge is 0.316 e. The third kappa shape index (κ3) is 3.19. The number of benzene rings is 1. The van der Waals surface area contributed by atoms with Gasteiger partial charge in [0.1, 0.15) is 10.6 Å². The van der Waals surface area contributed by atoms with Gasteiger partial charge in [0.25, 0.3) is 0 Å². The first-order valence-electron chi connectivity index (χ1n) is 4.97. The van der Waals surface area contributed by atoms with Gasteiger partial charge in [-0.05, 0) is 18.6 Å². The third-order valence-corrected chi connectivity index (χ3v) is 3.13. The summed E-state index contributed by atoms with van der Waals surface area (Å²) in [5, 5.41) is 0. The molecule has 0 heterocycles. The predicted octanol–water partition coefficient (Wildman–Crippen LogP) is 1.44. The fourth-order valence-electron chi connectivity index (χ4n) is 1.15. The van der Waals surface area contributed by atoms with Crippen molar-refractivity contribution in [2.45, 2.75) is 24.7 Å². The first kappa shape index (κ1) is 13.0. The van der Waals surface area contributed by atoms with Crippen LogP contribution in [0.5, 0.6) is 5.75 Å². The minimum atomic E-state index is -3.91. The number of unbranched alkanes of at least 4 members (excludes halogenated alkanes) is 1. The van der Waals surface area contributed by atoms with Crippen molar-refractivity contribution in [1.29, 1.82) is 0 Å². The molecule has 1 rings (SSSR count). The summed E-state index contributed by atoms with van der Waals surface area (Å²) in [6, 6.07) is 6.24. The van der Waals surface area contributed by atoms with E-state index in [2.05, 4.69) is 4.28 Å². The monoisotopic (exact) mass is 245 g/mol. The van der Waals surface area contributed by atoms with E-state index in [1.165, 1.54) is 6.07 Å². The van der Waals surface area contributed by atoms with E-state index in [4.69, 9.17) is 10.6 Å². The molecule has 2 N–H and O–H groups in total. The van der Waals surface area contributed by atoms with E-state index in [-0.39, 0.29) is 10.6 Å². The molecule has 0 amide bonds. The molecule has 0 unspecified atom stereocenters. The van der Waals surface area contributed by atoms with Gasteiger partial charge in [0.05, 0.1) is 6.61 Å². The Labute approximate surface area is 95.2 Å². The molecule has 1 aromatic carbocycles. The van der Waals surface area contributed by atoms with E-state index in [0.29, 0.717) is 6.61 Å². The standard InChI is InChI=1S/C10H15NO4S/c1-2-3-8-14-9-6-4-5-7-10(9)16(12,13)15-11/h4-7H,2-3,8,11H2,1H3. The van der Waals surface area contributed by atoms with E-state index in [0.717, 1.165) is 12.8 Å². The van der Waals surface area contributed by atoms with Gasteiger partial charge >= 0.3 is 10.1 Å². The number of nitrogens with two attached hydrogens (primary N) is 1. The fraction of sp³-hybridized carbons (Fsp3) is 0.400. The molecule has 0 saturated carbocycles. The van der Waals surface area contributed by atoms with Crippen LogP contribution in [0.1, 0.15) is 19.8 Å². The van der Waals surface area contributed by atoms with Gasteiger partial charge in [0.15, 0.2) is 0 Å². The lowest BCUT2D eigenvalue weighted by atomic mass is 10.3. The highest BCUT2D eigenvalue weighted by molar-refractivity contribution is 7.86. The average molecular weight is 245 g/mol. The van der Waals surface area contributed by atoms with Crippen LogP contribution in [0.3, 0.4) is 0 Å². The van der Waals surface area contributed by atoms with Crippen molar-refractivity contribution in [3.8, 4) is 5.75 Å². The van der Waals surface area contributed by atoms with Gasteiger partial charge < -0.3 is 4.74 Å². The highest BCUT2D eigenvalue weighted by Crippen LogP contribution is 2.24. The Morgan fingerprint density at radius 1 is 1.31 bits per heavy atom. The molecule has 0 aliphatic rings. The molecule has 0 saturated heterocycles. The maximum Gasteiger partial charge on any atom is 0.316 e. The van der Waals surface area contributed by atoms with Crippen LogP contribution in [-0.2, 0) is 14.4 Å². The molecule has 16 heavy (non-hydrogen) atoms. The summed E-state index contributed by atoms with van der Waals surface area (Å²) in [6.45, 7) is 2.49. The maximum atomic E-state index is 11.4. The van der Waals surface area contributed by atoms with Crippen LogP contribution in [0, 0.1) is 0 Å². The Hall–Kier alpha value is -1.11. The summed E-state index contributed by atoms with van der Waals surface area (Å²) >= 11 is 0. The highest BCUT2D eigenvalue weighted by atomic mass is 32.2. The summed E-state index contributed by atoms with van der Waals surface area (Å²) in [4.78, 5) is -0.0476. The van der Waals surface area contributed by atoms with Crippen molar-refractivity contribution in [2.75, 3.05) is 6.61 Å². The number of para-hydroxylation sites is 1. The number of hydrogen-bond donors (Lipinski definition) is 1. The first-order valence-corrected chi connectivity index (χ1v) is 6.38. The molecule has 0 spiro atoms. The minimum absolute atomic E-state index is 0.0476. The molecular weight excluding hydrogens is 230 g/mol. The van der Waals surface area contributed by atoms with Gasteiger partial charge in [-0.1, -0.05) is 25.5 Å². The Balaban J connectivity index is 2.92. The van der Waals surface area contributed by atoms with Gasteiger partial charge in [-0.3, -0.25) is 0 Å². The van der Waals surface area contributed by atoms with Crippen LogP contribution in [0.2, 0.25) is 0 Å². The second-order valence-corrected chi connectivity index (χ2v) is 4.74. The van der Waals surface area contributed by atoms with Crippen molar-refractivity contribution in [1.82, 2.24) is 0 Å². The van der Waals surface area contributed by atoms with Crippen molar-refractivity contribution < 1.29 is 17.4 Å². The zero-order valence-corrected chi connectivity index (χ0v) is 9.87. The van der Waals surface area contributed by atoms with Gasteiger partial charge in [0, 0.05) is 0 Å². The molecule has 0 aliphatic carbocycles. The summed E-state index contributed by atoms with van der Waals surface area (Å²) in [5.74, 6) is 4.98. The van der Waals surface area contributed by atoms with E-state index >= 15 is 0 Å². The second-order valence-electron chi connectivity index (χ2n) is 3.20. The summed E-state index contributed by atoms with van der Waals surface area (Å²) in [5.41, 5.74) is 0. The Morgan fingerprint density at radius 3 is 2.62 bits per heavy atom. The van der Waals surface area contributed by atoms with Crippen molar-refractivity contribution in [2.24, 2.45) is 5.90 Å². The van der Waals surface area contributed by atoms with Crippen LogP contribution in [-0.4, -0.2) is 15.0 Å². The van der Waals surface area contributed by atoms with Crippen molar-refractivity contribution >= 4 is 10.1 Å². The fourth-order valence-corrected chi connectivity index (χ4v) is 1.88. The number of hydrogen-bond acceptors (Lipinski definition) is 5. The lowest BCUT2D eigenvalue weighted by molar-refractivity contribution is 0.294. The minimum Gasteiger partial charge on any atom is -0.492 e. The second kappa shape index (κ2) is 5.83. The molecule has 0 radical (unpaired) electrons. The van der Waals surface area contributed by atoms with E-state index < -0.39 is 10.1 Å². The van der Waals surface area contributed by atoms with Gasteiger partial charge in [0.2, 0.25) is 0 Å². The van der Waals surface area contributed by atoms with Crippen LogP contribution in [0.25, 0.3) is 0 Å². The maximum absolute atomic E-state index is 11.4. The van der Waals surface area contributed by atoms with Crippen LogP contribution < -0.4 is 10.6 Å². The molecular formula is C10H15NO4S. The SMILES string of the molecule is CCCCOc1ccccc1S(=O)(=O)ON. The number of ether oxygens (including phenoxy) is 1. The van der Waals surface area contributed by atoms with Crippen LogP contribution >= 0.6 is 0 Å². The van der Waals surface area contributed by atoms with Crippen LogP contribution in [0.15, 0.2) is 29.2 Å². The predicted molar refractivity (Wildman–Crippen MR) is 59.3 cm³/mol. The number of rotatable bonds is 6. The summed E-state index contributed by atoms with van der Waals surface area (Å²) in [7, 11) is -3.91. The van der Waals surface area contributed by atoms with Gasteiger partial charge in [-0.2, -0.15) is 18.6 Å².